The molecule has 0 atom stereocenters. The van der Waals surface area contributed by atoms with Crippen LogP contribution in [0.4, 0.5) is 0 Å². The lowest BCUT2D eigenvalue weighted by atomic mass is 10.2. The molecule has 2 heterocycles. The van der Waals surface area contributed by atoms with Crippen LogP contribution in [0.25, 0.3) is 11.4 Å². The number of benzene rings is 2. The predicted octanol–water partition coefficient (Wildman–Crippen LogP) is 5.79. The maximum Gasteiger partial charge on any atom is 0.184 e. The highest BCUT2D eigenvalue weighted by Crippen LogP contribution is 2.27. The van der Waals surface area contributed by atoms with Crippen molar-refractivity contribution in [3.8, 4) is 11.4 Å². The number of rotatable bonds is 5. The fourth-order valence-electron chi connectivity index (χ4n) is 2.38. The molecule has 4 nitrogen and oxygen atoms in total. The smallest absolute Gasteiger partial charge is 0.184 e. The van der Waals surface area contributed by atoms with E-state index in [1.807, 2.05) is 41.2 Å². The minimum absolute atomic E-state index is 0.698. The van der Waals surface area contributed by atoms with Gasteiger partial charge in [-0.05, 0) is 60.2 Å². The van der Waals surface area contributed by atoms with E-state index >= 15 is 0 Å². The molecule has 0 aliphatic carbocycles. The van der Waals surface area contributed by atoms with E-state index < -0.39 is 0 Å². The molecule has 0 saturated heterocycles. The second-order valence-corrected chi connectivity index (χ2v) is 8.71. The summed E-state index contributed by atoms with van der Waals surface area (Å²) in [6.45, 7) is 0. The molecular weight excluding hydrogens is 404 g/mol. The van der Waals surface area contributed by atoms with Crippen molar-refractivity contribution in [1.82, 2.24) is 19.6 Å². The SMILES string of the molecule is S=c1sc(SCc2ccc(-n3cccn3)cc2)nn1-c1ccc(Cl)cc1. The van der Waals surface area contributed by atoms with Gasteiger partial charge in [-0.2, -0.15) is 5.10 Å². The molecule has 0 unspecified atom stereocenters. The van der Waals surface area contributed by atoms with E-state index in [-0.39, 0.29) is 0 Å². The van der Waals surface area contributed by atoms with Gasteiger partial charge in [0.05, 0.1) is 11.4 Å². The summed E-state index contributed by atoms with van der Waals surface area (Å²) in [4.78, 5) is 0. The van der Waals surface area contributed by atoms with Crippen LogP contribution in [-0.4, -0.2) is 19.6 Å². The number of aromatic nitrogens is 4. The first-order valence-corrected chi connectivity index (χ1v) is 10.4. The molecule has 0 spiro atoms. The van der Waals surface area contributed by atoms with Gasteiger partial charge in [0.15, 0.2) is 8.29 Å². The van der Waals surface area contributed by atoms with Gasteiger partial charge in [-0.1, -0.05) is 46.8 Å². The highest BCUT2D eigenvalue weighted by molar-refractivity contribution is 8.00. The van der Waals surface area contributed by atoms with Gasteiger partial charge in [0.1, 0.15) is 0 Å². The van der Waals surface area contributed by atoms with E-state index in [0.29, 0.717) is 5.02 Å². The van der Waals surface area contributed by atoms with E-state index in [2.05, 4.69) is 34.5 Å². The molecule has 8 heteroatoms. The van der Waals surface area contributed by atoms with Crippen molar-refractivity contribution in [3.63, 3.8) is 0 Å². The number of halogens is 1. The lowest BCUT2D eigenvalue weighted by Crippen LogP contribution is -1.96. The highest BCUT2D eigenvalue weighted by atomic mass is 35.5. The maximum atomic E-state index is 5.94. The molecule has 0 aliphatic heterocycles. The van der Waals surface area contributed by atoms with Crippen molar-refractivity contribution < 1.29 is 0 Å². The standard InChI is InChI=1S/C18H13ClN4S3/c19-14-4-8-16(9-5-14)23-18(24)26-17(21-23)25-12-13-2-6-15(7-3-13)22-11-1-10-20-22/h1-11H,12H2. The molecule has 0 radical (unpaired) electrons. The Morgan fingerprint density at radius 1 is 1.04 bits per heavy atom. The lowest BCUT2D eigenvalue weighted by Gasteiger charge is -2.03. The van der Waals surface area contributed by atoms with Crippen molar-refractivity contribution in [2.24, 2.45) is 0 Å². The second kappa shape index (κ2) is 7.75. The average molecular weight is 417 g/mol. The Morgan fingerprint density at radius 3 is 2.46 bits per heavy atom. The summed E-state index contributed by atoms with van der Waals surface area (Å²) >= 11 is 14.6. The van der Waals surface area contributed by atoms with E-state index in [4.69, 9.17) is 23.8 Å². The van der Waals surface area contributed by atoms with Gasteiger partial charge in [0, 0.05) is 23.2 Å². The van der Waals surface area contributed by atoms with E-state index in [0.717, 1.165) is 25.4 Å². The Labute approximate surface area is 169 Å². The number of hydrogen-bond donors (Lipinski definition) is 0. The van der Waals surface area contributed by atoms with Crippen LogP contribution in [0.5, 0.6) is 0 Å². The molecule has 26 heavy (non-hydrogen) atoms. The quantitative estimate of drug-likeness (QED) is 0.304. The van der Waals surface area contributed by atoms with Crippen LogP contribution in [0.15, 0.2) is 71.3 Å². The molecule has 0 saturated carbocycles. The summed E-state index contributed by atoms with van der Waals surface area (Å²) < 4.78 is 5.29. The van der Waals surface area contributed by atoms with E-state index in [1.165, 1.54) is 16.9 Å². The molecule has 0 amide bonds. The Hall–Kier alpha value is -1.93. The normalized spacial score (nSPS) is 11.0. The number of hydrogen-bond acceptors (Lipinski definition) is 5. The summed E-state index contributed by atoms with van der Waals surface area (Å²) in [5.41, 5.74) is 3.20. The van der Waals surface area contributed by atoms with Crippen LogP contribution < -0.4 is 0 Å². The summed E-state index contributed by atoms with van der Waals surface area (Å²) in [7, 11) is 0. The highest BCUT2D eigenvalue weighted by Gasteiger charge is 2.07. The summed E-state index contributed by atoms with van der Waals surface area (Å²) in [5, 5.41) is 9.55. The van der Waals surface area contributed by atoms with Gasteiger partial charge in [0.2, 0.25) is 0 Å². The zero-order valence-electron chi connectivity index (χ0n) is 13.4. The van der Waals surface area contributed by atoms with E-state index in [9.17, 15) is 0 Å². The Morgan fingerprint density at radius 2 is 1.77 bits per heavy atom. The lowest BCUT2D eigenvalue weighted by molar-refractivity contribution is 0.829. The maximum absolute atomic E-state index is 5.94. The Balaban J connectivity index is 1.46. The van der Waals surface area contributed by atoms with Crippen LogP contribution >= 0.6 is 46.9 Å². The monoisotopic (exact) mass is 416 g/mol. The second-order valence-electron chi connectivity index (χ2n) is 5.43. The third-order valence-electron chi connectivity index (χ3n) is 3.67. The zero-order valence-corrected chi connectivity index (χ0v) is 16.7. The fourth-order valence-corrected chi connectivity index (χ4v) is 4.82. The van der Waals surface area contributed by atoms with Gasteiger partial charge in [0.25, 0.3) is 0 Å². The van der Waals surface area contributed by atoms with Gasteiger partial charge < -0.3 is 0 Å². The van der Waals surface area contributed by atoms with Crippen LogP contribution in [-0.2, 0) is 5.75 Å². The topological polar surface area (TPSA) is 35.6 Å². The molecule has 0 aliphatic rings. The van der Waals surface area contributed by atoms with E-state index in [1.54, 1.807) is 22.6 Å². The number of nitrogens with zero attached hydrogens (tertiary/aromatic N) is 4. The predicted molar refractivity (Wildman–Crippen MR) is 110 cm³/mol. The summed E-state index contributed by atoms with van der Waals surface area (Å²) in [6.07, 6.45) is 3.70. The first-order chi connectivity index (χ1) is 12.7. The van der Waals surface area contributed by atoms with Crippen molar-refractivity contribution in [1.29, 1.82) is 0 Å². The van der Waals surface area contributed by atoms with Gasteiger partial charge >= 0.3 is 0 Å². The average Bonchev–Trinajstić information content (AvgIpc) is 3.31. The van der Waals surface area contributed by atoms with Crippen LogP contribution in [0.3, 0.4) is 0 Å². The first kappa shape index (κ1) is 17.5. The molecule has 4 aromatic rings. The largest absolute Gasteiger partial charge is 0.241 e. The molecule has 2 aromatic carbocycles. The summed E-state index contributed by atoms with van der Waals surface area (Å²) in [6, 6.07) is 17.8. The molecular formula is C18H13ClN4S3. The molecule has 4 rings (SSSR count). The summed E-state index contributed by atoms with van der Waals surface area (Å²) in [5.74, 6) is 0.836. The number of thioether (sulfide) groups is 1. The molecule has 130 valence electrons. The first-order valence-electron chi connectivity index (χ1n) is 7.77. The third-order valence-corrected chi connectivity index (χ3v) is 6.36. The van der Waals surface area contributed by atoms with Gasteiger partial charge in [-0.15, -0.1) is 5.10 Å². The van der Waals surface area contributed by atoms with Crippen molar-refractivity contribution in [2.45, 2.75) is 10.1 Å². The van der Waals surface area contributed by atoms with Crippen molar-refractivity contribution >= 4 is 46.9 Å². The fraction of sp³-hybridized carbons (Fsp3) is 0.0556. The Bertz CT molecular complexity index is 1050. The minimum Gasteiger partial charge on any atom is -0.241 e. The Kier molecular flexibility index (Phi) is 5.21. The zero-order chi connectivity index (χ0) is 17.9. The van der Waals surface area contributed by atoms with Gasteiger partial charge in [-0.3, -0.25) is 0 Å². The molecule has 0 N–H and O–H groups in total. The third kappa shape index (κ3) is 3.91. The molecule has 0 bridgehead atoms. The van der Waals surface area contributed by atoms with Crippen molar-refractivity contribution in [2.75, 3.05) is 0 Å². The van der Waals surface area contributed by atoms with Gasteiger partial charge in [-0.25, -0.2) is 9.36 Å². The minimum atomic E-state index is 0.698. The van der Waals surface area contributed by atoms with Crippen LogP contribution in [0, 0.1) is 3.95 Å². The molecule has 0 fully saturated rings. The molecule has 2 aromatic heterocycles. The van der Waals surface area contributed by atoms with Crippen molar-refractivity contribution in [3.05, 3.63) is 81.5 Å². The van der Waals surface area contributed by atoms with Crippen LogP contribution in [0.2, 0.25) is 5.02 Å². The van der Waals surface area contributed by atoms with Crippen LogP contribution in [0.1, 0.15) is 5.56 Å².